The lowest BCUT2D eigenvalue weighted by Gasteiger charge is -2.20. The first-order chi connectivity index (χ1) is 18.3. The lowest BCUT2D eigenvalue weighted by atomic mass is 9.96. The van der Waals surface area contributed by atoms with Crippen molar-refractivity contribution >= 4 is 23.7 Å². The topological polar surface area (TPSA) is 97.4 Å². The molecular weight excluding hydrogens is 508 g/mol. The fourth-order valence-corrected chi connectivity index (χ4v) is 5.09. The number of methoxy groups -OCH3 is 3. The molecule has 0 aliphatic heterocycles. The predicted molar refractivity (Wildman–Crippen MR) is 144 cm³/mol. The van der Waals surface area contributed by atoms with Gasteiger partial charge in [0.05, 0.1) is 26.2 Å². The molecule has 9 heteroatoms. The highest BCUT2D eigenvalue weighted by Crippen LogP contribution is 2.50. The van der Waals surface area contributed by atoms with Gasteiger partial charge in [-0.25, -0.2) is 4.79 Å². The van der Waals surface area contributed by atoms with Crippen LogP contribution in [0.5, 0.6) is 23.0 Å². The van der Waals surface area contributed by atoms with Gasteiger partial charge in [-0.2, -0.15) is 0 Å². The third kappa shape index (κ3) is 5.19. The summed E-state index contributed by atoms with van der Waals surface area (Å²) in [6, 6.07) is 13.4. The molecule has 38 heavy (non-hydrogen) atoms. The van der Waals surface area contributed by atoms with Gasteiger partial charge in [-0.05, 0) is 60.6 Å². The summed E-state index contributed by atoms with van der Waals surface area (Å²) in [5, 5.41) is 0. The molecule has 0 N–H and O–H groups in total. The number of hydrogen-bond donors (Lipinski definition) is 0. The van der Waals surface area contributed by atoms with Crippen molar-refractivity contribution in [2.45, 2.75) is 30.8 Å². The minimum absolute atomic E-state index is 0.103. The van der Waals surface area contributed by atoms with Gasteiger partial charge >= 0.3 is 11.9 Å². The Hall–Kier alpha value is -3.98. The second kappa shape index (κ2) is 11.6. The summed E-state index contributed by atoms with van der Waals surface area (Å²) >= 11 is 1.33. The van der Waals surface area contributed by atoms with E-state index in [2.05, 4.69) is 0 Å². The van der Waals surface area contributed by atoms with Gasteiger partial charge in [0, 0.05) is 18.1 Å². The fraction of sp³-hybridized carbons (Fsp3) is 0.276. The minimum atomic E-state index is -0.771. The number of benzene rings is 2. The molecule has 3 aromatic rings. The lowest BCUT2D eigenvalue weighted by Crippen LogP contribution is -2.15. The van der Waals surface area contributed by atoms with Crippen LogP contribution < -0.4 is 24.4 Å². The van der Waals surface area contributed by atoms with E-state index in [1.807, 2.05) is 18.4 Å². The van der Waals surface area contributed by atoms with E-state index in [4.69, 9.17) is 23.7 Å². The van der Waals surface area contributed by atoms with Crippen molar-refractivity contribution in [1.29, 1.82) is 0 Å². The Kier molecular flexibility index (Phi) is 8.26. The van der Waals surface area contributed by atoms with Gasteiger partial charge in [0.25, 0.3) is 0 Å². The van der Waals surface area contributed by atoms with Crippen LogP contribution in [-0.4, -0.2) is 39.5 Å². The molecule has 0 unspecified atom stereocenters. The first kappa shape index (κ1) is 27.1. The number of para-hydroxylation sites is 1. The number of carbonyl (C=O) groups is 2. The van der Waals surface area contributed by atoms with E-state index in [0.717, 1.165) is 11.1 Å². The molecular formula is C29H28O8S. The molecule has 3 aromatic carbocycles. The average molecular weight is 537 g/mol. The van der Waals surface area contributed by atoms with Crippen LogP contribution in [0.15, 0.2) is 58.2 Å². The number of thioether (sulfide) groups is 1. The quantitative estimate of drug-likeness (QED) is 0.228. The Morgan fingerprint density at radius 3 is 2.32 bits per heavy atom. The molecule has 0 aromatic heterocycles. The maximum atomic E-state index is 13.4. The first-order valence-corrected chi connectivity index (χ1v) is 13.1. The summed E-state index contributed by atoms with van der Waals surface area (Å²) in [7, 11) is 4.62. The average Bonchev–Trinajstić information content (AvgIpc) is 3.15. The molecule has 0 spiro atoms. The van der Waals surface area contributed by atoms with E-state index in [9.17, 15) is 14.4 Å². The van der Waals surface area contributed by atoms with Gasteiger partial charge < -0.3 is 23.7 Å². The maximum Gasteiger partial charge on any atom is 0.342 e. The van der Waals surface area contributed by atoms with Gasteiger partial charge in [0.2, 0.25) is 5.75 Å². The standard InChI is InChI=1S/C29H28O8S/c1-16(30)36-22-9-7-6-8-19(22)29(32)37-23-12-10-17-14-24(33-2)27(34-3)28(35-4)26(17)18-11-13-25(38-5)21(31)15-20(18)23/h6-9,11,13-15,23H,10,12H2,1-5H3/t23-/m0/s1. The molecule has 0 radical (unpaired) electrons. The number of carbonyl (C=O) groups excluding carboxylic acids is 2. The highest BCUT2D eigenvalue weighted by molar-refractivity contribution is 7.98. The molecule has 4 rings (SSSR count). The molecule has 1 aliphatic carbocycles. The van der Waals surface area contributed by atoms with Crippen LogP contribution in [0.25, 0.3) is 11.1 Å². The van der Waals surface area contributed by atoms with Crippen molar-refractivity contribution in [1.82, 2.24) is 0 Å². The van der Waals surface area contributed by atoms with Crippen molar-refractivity contribution in [3.8, 4) is 34.1 Å². The normalized spacial score (nSPS) is 13.9. The number of ether oxygens (including phenoxy) is 5. The molecule has 198 valence electrons. The van der Waals surface area contributed by atoms with Crippen LogP contribution in [0.4, 0.5) is 0 Å². The third-order valence-electron chi connectivity index (χ3n) is 6.28. The Morgan fingerprint density at radius 2 is 1.66 bits per heavy atom. The monoisotopic (exact) mass is 536 g/mol. The molecule has 1 atom stereocenters. The van der Waals surface area contributed by atoms with Crippen LogP contribution >= 0.6 is 11.8 Å². The summed E-state index contributed by atoms with van der Waals surface area (Å²) in [5.74, 6) is 0.262. The molecule has 0 bridgehead atoms. The Balaban J connectivity index is 1.90. The van der Waals surface area contributed by atoms with Gasteiger partial charge in [-0.1, -0.05) is 18.2 Å². The van der Waals surface area contributed by atoms with E-state index in [1.54, 1.807) is 32.4 Å². The summed E-state index contributed by atoms with van der Waals surface area (Å²) in [5.41, 5.74) is 2.77. The zero-order valence-electron chi connectivity index (χ0n) is 21.8. The van der Waals surface area contributed by atoms with E-state index >= 15 is 0 Å². The number of fused-ring (bicyclic) bond motifs is 3. The lowest BCUT2D eigenvalue weighted by molar-refractivity contribution is -0.131. The van der Waals surface area contributed by atoms with E-state index in [1.165, 1.54) is 44.0 Å². The van der Waals surface area contributed by atoms with Crippen molar-refractivity contribution < 1.29 is 33.3 Å². The van der Waals surface area contributed by atoms with Gasteiger partial charge in [0.15, 0.2) is 16.9 Å². The summed E-state index contributed by atoms with van der Waals surface area (Å²) in [6.45, 7) is 1.26. The number of esters is 2. The maximum absolute atomic E-state index is 13.4. The SMILES string of the molecule is COc1cc2c(c(OC)c1OC)-c1ccc(SC)c(=O)cc1[C@@H](OC(=O)c1ccccc1OC(C)=O)CC2. The second-order valence-electron chi connectivity index (χ2n) is 8.48. The van der Waals surface area contributed by atoms with Crippen LogP contribution in [0, 0.1) is 0 Å². The van der Waals surface area contributed by atoms with E-state index in [0.29, 0.717) is 46.1 Å². The Labute approximate surface area is 224 Å². The van der Waals surface area contributed by atoms with Crippen molar-refractivity contribution in [3.63, 3.8) is 0 Å². The van der Waals surface area contributed by atoms with Gasteiger partial charge in [-0.15, -0.1) is 11.8 Å². The molecule has 0 saturated heterocycles. The number of aryl methyl sites for hydroxylation is 1. The fourth-order valence-electron chi connectivity index (χ4n) is 4.63. The van der Waals surface area contributed by atoms with Gasteiger partial charge in [-0.3, -0.25) is 9.59 Å². The zero-order valence-corrected chi connectivity index (χ0v) is 22.6. The highest BCUT2D eigenvalue weighted by atomic mass is 32.2. The van der Waals surface area contributed by atoms with E-state index in [-0.39, 0.29) is 16.7 Å². The number of hydrogen-bond acceptors (Lipinski definition) is 9. The number of rotatable bonds is 7. The molecule has 0 saturated carbocycles. The summed E-state index contributed by atoms with van der Waals surface area (Å²) in [4.78, 5) is 38.6. The zero-order chi connectivity index (χ0) is 27.4. The van der Waals surface area contributed by atoms with Crippen LogP contribution in [-0.2, 0) is 16.0 Å². The van der Waals surface area contributed by atoms with Crippen LogP contribution in [0.3, 0.4) is 0 Å². The van der Waals surface area contributed by atoms with Crippen molar-refractivity contribution in [3.05, 3.63) is 75.4 Å². The highest BCUT2D eigenvalue weighted by Gasteiger charge is 2.31. The van der Waals surface area contributed by atoms with Crippen molar-refractivity contribution in [2.75, 3.05) is 27.6 Å². The van der Waals surface area contributed by atoms with Crippen molar-refractivity contribution in [2.24, 2.45) is 0 Å². The molecule has 8 nitrogen and oxygen atoms in total. The smallest absolute Gasteiger partial charge is 0.342 e. The van der Waals surface area contributed by atoms with E-state index < -0.39 is 18.0 Å². The Morgan fingerprint density at radius 1 is 0.921 bits per heavy atom. The predicted octanol–water partition coefficient (Wildman–Crippen LogP) is 5.23. The molecule has 0 amide bonds. The third-order valence-corrected chi connectivity index (χ3v) is 7.05. The van der Waals surface area contributed by atoms with Crippen LogP contribution in [0.2, 0.25) is 0 Å². The second-order valence-corrected chi connectivity index (χ2v) is 9.33. The summed E-state index contributed by atoms with van der Waals surface area (Å²) in [6.07, 6.45) is 1.94. The molecule has 0 fully saturated rings. The Bertz CT molecular complexity index is 1450. The van der Waals surface area contributed by atoms with Gasteiger partial charge in [0.1, 0.15) is 17.4 Å². The molecule has 0 heterocycles. The molecule has 1 aliphatic rings. The largest absolute Gasteiger partial charge is 0.493 e. The summed E-state index contributed by atoms with van der Waals surface area (Å²) < 4.78 is 28.2. The first-order valence-electron chi connectivity index (χ1n) is 11.9. The minimum Gasteiger partial charge on any atom is -0.493 e. The van der Waals surface area contributed by atoms with Crippen LogP contribution in [0.1, 0.15) is 40.9 Å².